The van der Waals surface area contributed by atoms with E-state index in [-0.39, 0.29) is 12.5 Å². The molecule has 0 aromatic heterocycles. The van der Waals surface area contributed by atoms with Gasteiger partial charge in [0.15, 0.2) is 5.96 Å². The molecule has 2 saturated heterocycles. The molecular formula is C23H37N5O. The molecule has 6 nitrogen and oxygen atoms in total. The van der Waals surface area contributed by atoms with Crippen LogP contribution in [-0.4, -0.2) is 67.5 Å². The third-order valence-corrected chi connectivity index (χ3v) is 6.08. The molecule has 6 heteroatoms. The molecule has 2 aliphatic heterocycles. The van der Waals surface area contributed by atoms with E-state index in [0.29, 0.717) is 6.04 Å². The fourth-order valence-electron chi connectivity index (χ4n) is 4.22. The van der Waals surface area contributed by atoms with E-state index in [9.17, 15) is 4.79 Å². The minimum Gasteiger partial charge on any atom is -0.357 e. The Hall–Kier alpha value is -2.08. The van der Waals surface area contributed by atoms with Crippen LogP contribution in [0.4, 0.5) is 0 Å². The molecule has 0 radical (unpaired) electrons. The summed E-state index contributed by atoms with van der Waals surface area (Å²) in [5.74, 6) is 1.67. The molecule has 0 aliphatic carbocycles. The molecule has 0 bridgehead atoms. The first kappa shape index (κ1) is 21.6. The van der Waals surface area contributed by atoms with Crippen LogP contribution in [0.1, 0.15) is 51.1 Å². The van der Waals surface area contributed by atoms with Crippen molar-refractivity contribution in [2.24, 2.45) is 10.9 Å². The summed E-state index contributed by atoms with van der Waals surface area (Å²) >= 11 is 0. The predicted molar refractivity (Wildman–Crippen MR) is 119 cm³/mol. The van der Waals surface area contributed by atoms with Gasteiger partial charge in [-0.05, 0) is 57.2 Å². The van der Waals surface area contributed by atoms with Crippen LogP contribution in [0.15, 0.2) is 35.3 Å². The normalized spacial score (nSPS) is 19.9. The van der Waals surface area contributed by atoms with Crippen LogP contribution in [0.25, 0.3) is 0 Å². The Kier molecular flexibility index (Phi) is 8.35. The van der Waals surface area contributed by atoms with Gasteiger partial charge in [0.2, 0.25) is 5.91 Å². The Balaban J connectivity index is 1.63. The summed E-state index contributed by atoms with van der Waals surface area (Å²) in [5.41, 5.74) is 1.33. The fourth-order valence-corrected chi connectivity index (χ4v) is 4.22. The average molecular weight is 400 g/mol. The number of nitrogens with zero attached hydrogens (tertiary/aromatic N) is 3. The van der Waals surface area contributed by atoms with Crippen LogP contribution in [0.2, 0.25) is 0 Å². The Morgan fingerprint density at radius 1 is 1.10 bits per heavy atom. The molecule has 0 spiro atoms. The van der Waals surface area contributed by atoms with Crippen molar-refractivity contribution >= 4 is 11.9 Å². The SMILES string of the molecule is CCNC(=NCC(=O)N1CCCC1)NCC(c1ccccc1)N1CCC(C)CC1. The predicted octanol–water partition coefficient (Wildman–Crippen LogP) is 2.64. The Bertz CT molecular complexity index is 648. The molecule has 1 atom stereocenters. The third kappa shape index (κ3) is 6.46. The van der Waals surface area contributed by atoms with Gasteiger partial charge in [0.1, 0.15) is 6.54 Å². The molecule has 2 heterocycles. The van der Waals surface area contributed by atoms with E-state index in [1.165, 1.54) is 18.4 Å². The number of guanidine groups is 1. The lowest BCUT2D eigenvalue weighted by molar-refractivity contribution is -0.128. The standard InChI is InChI=1S/C23H37N5O/c1-3-24-23(26-18-22(29)28-13-7-8-14-28)25-17-21(20-9-5-4-6-10-20)27-15-11-19(2)12-16-27/h4-6,9-10,19,21H,3,7-8,11-18H2,1-2H3,(H2,24,25,26). The average Bonchev–Trinajstić information content (AvgIpc) is 3.29. The van der Waals surface area contributed by atoms with Gasteiger partial charge in [-0.1, -0.05) is 37.3 Å². The van der Waals surface area contributed by atoms with Crippen molar-refractivity contribution in [3.05, 3.63) is 35.9 Å². The number of hydrogen-bond acceptors (Lipinski definition) is 3. The lowest BCUT2D eigenvalue weighted by Gasteiger charge is -2.37. The number of likely N-dealkylation sites (tertiary alicyclic amines) is 2. The molecule has 1 unspecified atom stereocenters. The van der Waals surface area contributed by atoms with Crippen molar-refractivity contribution in [3.8, 4) is 0 Å². The van der Waals surface area contributed by atoms with E-state index < -0.39 is 0 Å². The largest absolute Gasteiger partial charge is 0.357 e. The number of rotatable bonds is 7. The summed E-state index contributed by atoms with van der Waals surface area (Å²) in [7, 11) is 0. The molecule has 1 aromatic rings. The van der Waals surface area contributed by atoms with Crippen LogP contribution in [0, 0.1) is 5.92 Å². The first-order valence-electron chi connectivity index (χ1n) is 11.3. The van der Waals surface area contributed by atoms with Crippen LogP contribution in [0.3, 0.4) is 0 Å². The number of piperidine rings is 1. The highest BCUT2D eigenvalue weighted by Crippen LogP contribution is 2.26. The van der Waals surface area contributed by atoms with E-state index in [2.05, 4.69) is 64.7 Å². The minimum atomic E-state index is 0.129. The van der Waals surface area contributed by atoms with Gasteiger partial charge in [-0.25, -0.2) is 4.99 Å². The van der Waals surface area contributed by atoms with Gasteiger partial charge in [-0.2, -0.15) is 0 Å². The van der Waals surface area contributed by atoms with E-state index in [4.69, 9.17) is 0 Å². The van der Waals surface area contributed by atoms with Crippen LogP contribution >= 0.6 is 0 Å². The maximum Gasteiger partial charge on any atom is 0.244 e. The molecule has 2 fully saturated rings. The summed E-state index contributed by atoms with van der Waals surface area (Å²) in [5, 5.41) is 6.80. The number of benzene rings is 1. The summed E-state index contributed by atoms with van der Waals surface area (Å²) in [4.78, 5) is 21.4. The molecule has 1 aromatic carbocycles. The zero-order valence-electron chi connectivity index (χ0n) is 18.1. The van der Waals surface area contributed by atoms with Gasteiger partial charge < -0.3 is 15.5 Å². The van der Waals surface area contributed by atoms with Gasteiger partial charge in [0.05, 0.1) is 6.04 Å². The van der Waals surface area contributed by atoms with Crippen molar-refractivity contribution in [1.29, 1.82) is 0 Å². The van der Waals surface area contributed by atoms with Gasteiger partial charge in [0, 0.05) is 26.2 Å². The number of aliphatic imine (C=N–C) groups is 1. The molecule has 160 valence electrons. The highest BCUT2D eigenvalue weighted by atomic mass is 16.2. The van der Waals surface area contributed by atoms with Crippen molar-refractivity contribution in [1.82, 2.24) is 20.4 Å². The van der Waals surface area contributed by atoms with Crippen LogP contribution in [-0.2, 0) is 4.79 Å². The highest BCUT2D eigenvalue weighted by molar-refractivity contribution is 5.85. The summed E-state index contributed by atoms with van der Waals surface area (Å²) in [6, 6.07) is 11.0. The lowest BCUT2D eigenvalue weighted by Crippen LogP contribution is -2.45. The van der Waals surface area contributed by atoms with Gasteiger partial charge in [-0.3, -0.25) is 9.69 Å². The topological polar surface area (TPSA) is 60.0 Å². The Labute approximate surface area is 175 Å². The van der Waals surface area contributed by atoms with Crippen molar-refractivity contribution in [2.75, 3.05) is 45.8 Å². The second-order valence-corrected chi connectivity index (χ2v) is 8.31. The number of nitrogens with one attached hydrogen (secondary N) is 2. The number of carbonyl (C=O) groups excluding carboxylic acids is 1. The second-order valence-electron chi connectivity index (χ2n) is 8.31. The monoisotopic (exact) mass is 399 g/mol. The van der Waals surface area contributed by atoms with Crippen LogP contribution in [0.5, 0.6) is 0 Å². The molecule has 3 rings (SSSR count). The maximum atomic E-state index is 12.3. The van der Waals surface area contributed by atoms with E-state index >= 15 is 0 Å². The number of hydrogen-bond donors (Lipinski definition) is 2. The summed E-state index contributed by atoms with van der Waals surface area (Å²) < 4.78 is 0. The molecule has 0 saturated carbocycles. The van der Waals surface area contributed by atoms with Crippen molar-refractivity contribution < 1.29 is 4.79 Å². The second kappa shape index (κ2) is 11.2. The zero-order valence-corrected chi connectivity index (χ0v) is 18.1. The van der Waals surface area contributed by atoms with E-state index in [1.54, 1.807) is 0 Å². The van der Waals surface area contributed by atoms with E-state index in [0.717, 1.165) is 64.0 Å². The van der Waals surface area contributed by atoms with Gasteiger partial charge in [-0.15, -0.1) is 0 Å². The van der Waals surface area contributed by atoms with Crippen molar-refractivity contribution in [2.45, 2.75) is 45.6 Å². The Morgan fingerprint density at radius 3 is 2.45 bits per heavy atom. The number of amides is 1. The molecule has 29 heavy (non-hydrogen) atoms. The summed E-state index contributed by atoms with van der Waals surface area (Å²) in [6.07, 6.45) is 4.73. The quantitative estimate of drug-likeness (QED) is 0.547. The van der Waals surface area contributed by atoms with Gasteiger partial charge >= 0.3 is 0 Å². The maximum absolute atomic E-state index is 12.3. The smallest absolute Gasteiger partial charge is 0.244 e. The Morgan fingerprint density at radius 2 is 1.79 bits per heavy atom. The van der Waals surface area contributed by atoms with E-state index in [1.807, 2.05) is 4.90 Å². The molecule has 2 aliphatic rings. The lowest BCUT2D eigenvalue weighted by atomic mass is 9.95. The fraction of sp³-hybridized carbons (Fsp3) is 0.652. The molecule has 2 N–H and O–H groups in total. The third-order valence-electron chi connectivity index (χ3n) is 6.08. The van der Waals surface area contributed by atoms with Crippen LogP contribution < -0.4 is 10.6 Å². The zero-order chi connectivity index (χ0) is 20.5. The minimum absolute atomic E-state index is 0.129. The first-order chi connectivity index (χ1) is 14.2. The van der Waals surface area contributed by atoms with Crippen molar-refractivity contribution in [3.63, 3.8) is 0 Å². The van der Waals surface area contributed by atoms with Gasteiger partial charge in [0.25, 0.3) is 0 Å². The molecular weight excluding hydrogens is 362 g/mol. The summed E-state index contributed by atoms with van der Waals surface area (Å²) in [6.45, 7) is 10.2. The first-order valence-corrected chi connectivity index (χ1v) is 11.3. The number of carbonyl (C=O) groups is 1. The molecule has 1 amide bonds. The highest BCUT2D eigenvalue weighted by Gasteiger charge is 2.25.